The van der Waals surface area contributed by atoms with Crippen LogP contribution in [0.5, 0.6) is 0 Å². The average Bonchev–Trinajstić information content (AvgIpc) is 2.63. The molecule has 15 heavy (non-hydrogen) atoms. The molecular formula is C12H23N3. The minimum Gasteiger partial charge on any atom is -0.309 e. The van der Waals surface area contributed by atoms with Crippen molar-refractivity contribution in [3.8, 4) is 0 Å². The molecule has 0 aliphatic rings. The SMILES string of the molecule is CCNC(CC(C)CC)c1ccnn1C. The molecule has 0 saturated carbocycles. The van der Waals surface area contributed by atoms with Gasteiger partial charge in [0.1, 0.15) is 0 Å². The van der Waals surface area contributed by atoms with Gasteiger partial charge in [-0.15, -0.1) is 0 Å². The smallest absolute Gasteiger partial charge is 0.0550 e. The molecule has 0 aliphatic heterocycles. The number of aromatic nitrogens is 2. The topological polar surface area (TPSA) is 29.9 Å². The summed E-state index contributed by atoms with van der Waals surface area (Å²) in [6.45, 7) is 7.71. The number of nitrogens with one attached hydrogen (secondary N) is 1. The number of aryl methyl sites for hydroxylation is 1. The highest BCUT2D eigenvalue weighted by molar-refractivity contribution is 5.06. The van der Waals surface area contributed by atoms with Gasteiger partial charge in [0.05, 0.1) is 5.69 Å². The van der Waals surface area contributed by atoms with Crippen LogP contribution in [0.3, 0.4) is 0 Å². The summed E-state index contributed by atoms with van der Waals surface area (Å²) < 4.78 is 1.97. The van der Waals surface area contributed by atoms with Gasteiger partial charge in [0.25, 0.3) is 0 Å². The molecule has 1 heterocycles. The van der Waals surface area contributed by atoms with Crippen LogP contribution in [0, 0.1) is 5.92 Å². The molecule has 1 rings (SSSR count). The lowest BCUT2D eigenvalue weighted by atomic mass is 9.97. The second kappa shape index (κ2) is 5.91. The van der Waals surface area contributed by atoms with E-state index in [9.17, 15) is 0 Å². The van der Waals surface area contributed by atoms with Crippen LogP contribution in [-0.4, -0.2) is 16.3 Å². The molecule has 0 aliphatic carbocycles. The van der Waals surface area contributed by atoms with Crippen LogP contribution in [0.4, 0.5) is 0 Å². The van der Waals surface area contributed by atoms with Gasteiger partial charge >= 0.3 is 0 Å². The fourth-order valence-electron chi connectivity index (χ4n) is 1.85. The second-order valence-corrected chi connectivity index (χ2v) is 4.24. The van der Waals surface area contributed by atoms with Gasteiger partial charge in [-0.3, -0.25) is 4.68 Å². The lowest BCUT2D eigenvalue weighted by molar-refractivity contribution is 0.392. The molecule has 0 fully saturated rings. The first-order chi connectivity index (χ1) is 7.19. The highest BCUT2D eigenvalue weighted by Gasteiger charge is 2.16. The maximum absolute atomic E-state index is 4.23. The fourth-order valence-corrected chi connectivity index (χ4v) is 1.85. The van der Waals surface area contributed by atoms with Crippen molar-refractivity contribution < 1.29 is 0 Å². The van der Waals surface area contributed by atoms with Gasteiger partial charge in [-0.25, -0.2) is 0 Å². The Hall–Kier alpha value is -0.830. The van der Waals surface area contributed by atoms with Gasteiger partial charge < -0.3 is 5.32 Å². The monoisotopic (exact) mass is 209 g/mol. The van der Waals surface area contributed by atoms with Gasteiger partial charge in [-0.05, 0) is 24.9 Å². The predicted octanol–water partition coefficient (Wildman–Crippen LogP) is 2.51. The Morgan fingerprint density at radius 2 is 2.20 bits per heavy atom. The highest BCUT2D eigenvalue weighted by atomic mass is 15.3. The van der Waals surface area contributed by atoms with Gasteiger partial charge in [-0.1, -0.05) is 27.2 Å². The zero-order chi connectivity index (χ0) is 11.3. The number of hydrogen-bond donors (Lipinski definition) is 1. The van der Waals surface area contributed by atoms with E-state index in [0.29, 0.717) is 6.04 Å². The molecule has 0 aromatic carbocycles. The van der Waals surface area contributed by atoms with E-state index in [1.165, 1.54) is 18.5 Å². The molecule has 2 unspecified atom stereocenters. The number of nitrogens with zero attached hydrogens (tertiary/aromatic N) is 2. The zero-order valence-electron chi connectivity index (χ0n) is 10.3. The molecule has 2 atom stereocenters. The van der Waals surface area contributed by atoms with Crippen molar-refractivity contribution in [3.05, 3.63) is 18.0 Å². The molecule has 0 bridgehead atoms. The second-order valence-electron chi connectivity index (χ2n) is 4.24. The summed E-state index contributed by atoms with van der Waals surface area (Å²) in [6.07, 6.45) is 4.29. The van der Waals surface area contributed by atoms with Crippen LogP contribution >= 0.6 is 0 Å². The average molecular weight is 209 g/mol. The van der Waals surface area contributed by atoms with E-state index in [0.717, 1.165) is 12.5 Å². The van der Waals surface area contributed by atoms with E-state index >= 15 is 0 Å². The highest BCUT2D eigenvalue weighted by Crippen LogP contribution is 2.22. The first kappa shape index (κ1) is 12.2. The van der Waals surface area contributed by atoms with Crippen molar-refractivity contribution >= 4 is 0 Å². The van der Waals surface area contributed by atoms with Gasteiger partial charge in [0.15, 0.2) is 0 Å². The molecule has 3 nitrogen and oxygen atoms in total. The third-order valence-electron chi connectivity index (χ3n) is 3.00. The summed E-state index contributed by atoms with van der Waals surface area (Å²) in [5.74, 6) is 0.754. The first-order valence-corrected chi connectivity index (χ1v) is 5.90. The van der Waals surface area contributed by atoms with E-state index in [2.05, 4.69) is 37.3 Å². The predicted molar refractivity (Wildman–Crippen MR) is 63.7 cm³/mol. The Morgan fingerprint density at radius 3 is 2.67 bits per heavy atom. The maximum atomic E-state index is 4.23. The minimum absolute atomic E-state index is 0.442. The Labute approximate surface area is 92.9 Å². The van der Waals surface area contributed by atoms with Crippen LogP contribution < -0.4 is 5.32 Å². The summed E-state index contributed by atoms with van der Waals surface area (Å²) in [5, 5.41) is 7.76. The first-order valence-electron chi connectivity index (χ1n) is 5.90. The molecule has 1 N–H and O–H groups in total. The Kier molecular flexibility index (Phi) is 4.82. The molecule has 86 valence electrons. The largest absolute Gasteiger partial charge is 0.309 e. The van der Waals surface area contributed by atoms with Crippen molar-refractivity contribution in [2.45, 2.75) is 39.7 Å². The molecule has 0 radical (unpaired) electrons. The molecule has 1 aromatic heterocycles. The Balaban J connectivity index is 2.69. The van der Waals surface area contributed by atoms with Crippen molar-refractivity contribution in [3.63, 3.8) is 0 Å². The lowest BCUT2D eigenvalue weighted by Crippen LogP contribution is -2.25. The Bertz CT molecular complexity index is 280. The van der Waals surface area contributed by atoms with E-state index < -0.39 is 0 Å². The zero-order valence-corrected chi connectivity index (χ0v) is 10.3. The fraction of sp³-hybridized carbons (Fsp3) is 0.750. The van der Waals surface area contributed by atoms with Gasteiger partial charge in [0, 0.05) is 19.3 Å². The van der Waals surface area contributed by atoms with E-state index in [-0.39, 0.29) is 0 Å². The van der Waals surface area contributed by atoms with Crippen LogP contribution in [0.15, 0.2) is 12.3 Å². The van der Waals surface area contributed by atoms with Crippen molar-refractivity contribution in [2.75, 3.05) is 6.54 Å². The summed E-state index contributed by atoms with van der Waals surface area (Å²) >= 11 is 0. The summed E-state index contributed by atoms with van der Waals surface area (Å²) in [6, 6.07) is 2.55. The molecule has 1 aromatic rings. The third-order valence-corrected chi connectivity index (χ3v) is 3.00. The van der Waals surface area contributed by atoms with Crippen LogP contribution in [0.1, 0.15) is 45.3 Å². The third kappa shape index (κ3) is 3.34. The summed E-state index contributed by atoms with van der Waals surface area (Å²) in [5.41, 5.74) is 1.29. The summed E-state index contributed by atoms with van der Waals surface area (Å²) in [4.78, 5) is 0. The number of rotatable bonds is 6. The Morgan fingerprint density at radius 1 is 1.47 bits per heavy atom. The minimum atomic E-state index is 0.442. The van der Waals surface area contributed by atoms with Crippen molar-refractivity contribution in [1.82, 2.24) is 15.1 Å². The molecular weight excluding hydrogens is 186 g/mol. The molecule has 0 spiro atoms. The molecule has 3 heteroatoms. The van der Waals surface area contributed by atoms with Gasteiger partial charge in [0.2, 0.25) is 0 Å². The van der Waals surface area contributed by atoms with Gasteiger partial charge in [-0.2, -0.15) is 5.10 Å². The standard InChI is InChI=1S/C12H23N3/c1-5-10(3)9-11(13-6-2)12-7-8-14-15(12)4/h7-8,10-11,13H,5-6,9H2,1-4H3. The maximum Gasteiger partial charge on any atom is 0.0550 e. The van der Waals surface area contributed by atoms with Crippen LogP contribution in [-0.2, 0) is 7.05 Å². The van der Waals surface area contributed by atoms with E-state index in [1.54, 1.807) is 0 Å². The van der Waals surface area contributed by atoms with Crippen LogP contribution in [0.25, 0.3) is 0 Å². The van der Waals surface area contributed by atoms with E-state index in [4.69, 9.17) is 0 Å². The summed E-state index contributed by atoms with van der Waals surface area (Å²) in [7, 11) is 2.01. The molecule has 0 saturated heterocycles. The quantitative estimate of drug-likeness (QED) is 0.780. The van der Waals surface area contributed by atoms with Crippen molar-refractivity contribution in [1.29, 1.82) is 0 Å². The van der Waals surface area contributed by atoms with E-state index in [1.807, 2.05) is 17.9 Å². The van der Waals surface area contributed by atoms with Crippen LogP contribution in [0.2, 0.25) is 0 Å². The normalized spacial score (nSPS) is 15.2. The molecule has 0 amide bonds. The number of hydrogen-bond acceptors (Lipinski definition) is 2. The lowest BCUT2D eigenvalue weighted by Gasteiger charge is -2.21. The van der Waals surface area contributed by atoms with Crippen molar-refractivity contribution in [2.24, 2.45) is 13.0 Å².